The smallest absolute Gasteiger partial charge is 0.139 e. The highest BCUT2D eigenvalue weighted by atomic mass is 79.9. The van der Waals surface area contributed by atoms with E-state index in [0.29, 0.717) is 17.1 Å². The topological polar surface area (TPSA) is 60.2 Å². The molecule has 0 fully saturated rings. The molecule has 1 aliphatic rings. The molecule has 2 aromatic rings. The Balaban J connectivity index is 1.96. The van der Waals surface area contributed by atoms with Crippen LogP contribution < -0.4 is 4.90 Å². The molecular formula is C14H12BrN3OS. The van der Waals surface area contributed by atoms with Gasteiger partial charge in [-0.15, -0.1) is 11.3 Å². The number of aliphatic hydroxyl groups excluding tert-OH is 1. The van der Waals surface area contributed by atoms with Gasteiger partial charge in [0.25, 0.3) is 0 Å². The molecule has 102 valence electrons. The number of hydrogen-bond donors (Lipinski definition) is 2. The summed E-state index contributed by atoms with van der Waals surface area (Å²) in [4.78, 5) is 6.13. The Kier molecular flexibility index (Phi) is 3.35. The average molecular weight is 350 g/mol. The van der Waals surface area contributed by atoms with Crippen molar-refractivity contribution in [1.82, 2.24) is 4.98 Å². The molecule has 0 saturated heterocycles. The maximum Gasteiger partial charge on any atom is 0.139 e. The third kappa shape index (κ3) is 2.25. The molecular weight excluding hydrogens is 338 g/mol. The fraction of sp³-hybridized carbons (Fsp3) is 0.143. The molecule has 20 heavy (non-hydrogen) atoms. The number of halogens is 1. The summed E-state index contributed by atoms with van der Waals surface area (Å²) in [6.07, 6.45) is 0. The molecule has 2 heterocycles. The quantitative estimate of drug-likeness (QED) is 0.861. The first-order valence-corrected chi connectivity index (χ1v) is 7.70. The number of nitrogens with one attached hydrogen (secondary N) is 1. The summed E-state index contributed by atoms with van der Waals surface area (Å²) >= 11 is 4.87. The van der Waals surface area contributed by atoms with Gasteiger partial charge in [-0.1, -0.05) is 22.0 Å². The number of rotatable bonds is 2. The third-order valence-corrected chi connectivity index (χ3v) is 4.53. The summed E-state index contributed by atoms with van der Waals surface area (Å²) in [5.74, 6) is 0.485. The number of thiazole rings is 1. The van der Waals surface area contributed by atoms with Crippen LogP contribution in [0.3, 0.4) is 0 Å². The first-order chi connectivity index (χ1) is 9.56. The van der Waals surface area contributed by atoms with Gasteiger partial charge >= 0.3 is 0 Å². The first-order valence-electron chi connectivity index (χ1n) is 6.03. The van der Waals surface area contributed by atoms with Gasteiger partial charge in [-0.3, -0.25) is 5.41 Å². The Hall–Kier alpha value is -1.66. The third-order valence-electron chi connectivity index (χ3n) is 3.06. The van der Waals surface area contributed by atoms with E-state index in [9.17, 15) is 5.11 Å². The van der Waals surface area contributed by atoms with Crippen LogP contribution >= 0.6 is 27.3 Å². The average Bonchev–Trinajstić information content (AvgIpc) is 2.93. The van der Waals surface area contributed by atoms with E-state index in [1.54, 1.807) is 4.90 Å². The second-order valence-corrected chi connectivity index (χ2v) is 6.30. The van der Waals surface area contributed by atoms with Gasteiger partial charge < -0.3 is 10.0 Å². The van der Waals surface area contributed by atoms with Crippen LogP contribution in [0.2, 0.25) is 0 Å². The van der Waals surface area contributed by atoms with E-state index in [2.05, 4.69) is 20.9 Å². The molecule has 0 saturated carbocycles. The number of hydrogen-bond acceptors (Lipinski definition) is 4. The number of nitrogens with zero attached hydrogens (tertiary/aromatic N) is 2. The van der Waals surface area contributed by atoms with Crippen molar-refractivity contribution in [2.45, 2.75) is 6.92 Å². The SMILES string of the molecule is Cc1csc(C2=C(O)CN(c3cccc(Br)c3)C2=N)n1. The number of benzene rings is 1. The van der Waals surface area contributed by atoms with Crippen molar-refractivity contribution in [3.8, 4) is 0 Å². The second-order valence-electron chi connectivity index (χ2n) is 4.53. The molecule has 0 bridgehead atoms. The Morgan fingerprint density at radius 2 is 2.25 bits per heavy atom. The van der Waals surface area contributed by atoms with Crippen molar-refractivity contribution < 1.29 is 5.11 Å². The second kappa shape index (κ2) is 5.03. The van der Waals surface area contributed by atoms with E-state index < -0.39 is 0 Å². The number of anilines is 1. The summed E-state index contributed by atoms with van der Waals surface area (Å²) in [5.41, 5.74) is 2.31. The lowest BCUT2D eigenvalue weighted by molar-refractivity contribution is 0.411. The Morgan fingerprint density at radius 1 is 1.45 bits per heavy atom. The van der Waals surface area contributed by atoms with Gasteiger partial charge in [-0.25, -0.2) is 4.98 Å². The van der Waals surface area contributed by atoms with Crippen LogP contribution in [0.1, 0.15) is 10.7 Å². The number of aryl methyl sites for hydroxylation is 1. The molecule has 1 aliphatic heterocycles. The predicted octanol–water partition coefficient (Wildman–Crippen LogP) is 3.98. The molecule has 0 unspecified atom stereocenters. The van der Waals surface area contributed by atoms with Crippen LogP contribution in [0.15, 0.2) is 39.9 Å². The van der Waals surface area contributed by atoms with Crippen LogP contribution in [0.5, 0.6) is 0 Å². The Morgan fingerprint density at radius 3 is 2.90 bits per heavy atom. The van der Waals surface area contributed by atoms with E-state index in [1.807, 2.05) is 36.6 Å². The molecule has 1 aromatic carbocycles. The molecule has 3 rings (SSSR count). The fourth-order valence-corrected chi connectivity index (χ4v) is 3.39. The lowest BCUT2D eigenvalue weighted by Gasteiger charge is -2.18. The molecule has 1 aromatic heterocycles. The van der Waals surface area contributed by atoms with Gasteiger partial charge in [-0.2, -0.15) is 0 Å². The fourth-order valence-electron chi connectivity index (χ4n) is 2.14. The zero-order valence-electron chi connectivity index (χ0n) is 10.7. The molecule has 0 atom stereocenters. The van der Waals surface area contributed by atoms with E-state index >= 15 is 0 Å². The van der Waals surface area contributed by atoms with E-state index in [0.717, 1.165) is 15.9 Å². The summed E-state index contributed by atoms with van der Waals surface area (Å²) in [6, 6.07) is 7.69. The molecule has 0 aliphatic carbocycles. The van der Waals surface area contributed by atoms with Crippen molar-refractivity contribution in [1.29, 1.82) is 5.41 Å². The summed E-state index contributed by atoms with van der Waals surface area (Å²) < 4.78 is 0.945. The van der Waals surface area contributed by atoms with Gasteiger partial charge in [-0.05, 0) is 25.1 Å². The van der Waals surface area contributed by atoms with E-state index in [-0.39, 0.29) is 11.6 Å². The summed E-state index contributed by atoms with van der Waals surface area (Å²) in [5, 5.41) is 21.1. The Labute approximate surface area is 129 Å². The maximum absolute atomic E-state index is 10.2. The summed E-state index contributed by atoms with van der Waals surface area (Å²) in [7, 11) is 0. The number of amidine groups is 1. The number of aromatic nitrogens is 1. The standard InChI is InChI=1S/C14H12BrN3OS/c1-8-7-20-14(17-8)12-11(19)6-18(13(12)16)10-4-2-3-9(15)5-10/h2-5,7,16,19H,6H2,1H3. The van der Waals surface area contributed by atoms with Crippen molar-refractivity contribution in [3.05, 3.63) is 50.6 Å². The van der Waals surface area contributed by atoms with Crippen LogP contribution in [0, 0.1) is 12.3 Å². The zero-order valence-corrected chi connectivity index (χ0v) is 13.1. The lowest BCUT2D eigenvalue weighted by Crippen LogP contribution is -2.25. The van der Waals surface area contributed by atoms with E-state index in [4.69, 9.17) is 5.41 Å². The highest BCUT2D eigenvalue weighted by Gasteiger charge is 2.30. The Bertz CT molecular complexity index is 723. The monoisotopic (exact) mass is 349 g/mol. The number of aliphatic hydroxyl groups is 1. The summed E-state index contributed by atoms with van der Waals surface area (Å²) in [6.45, 7) is 2.21. The van der Waals surface area contributed by atoms with Gasteiger partial charge in [0, 0.05) is 21.2 Å². The lowest BCUT2D eigenvalue weighted by atomic mass is 10.2. The molecule has 6 heteroatoms. The van der Waals surface area contributed by atoms with Crippen molar-refractivity contribution in [3.63, 3.8) is 0 Å². The molecule has 0 spiro atoms. The maximum atomic E-state index is 10.2. The van der Waals surface area contributed by atoms with Gasteiger partial charge in [0.1, 0.15) is 16.6 Å². The first kappa shape index (κ1) is 13.3. The van der Waals surface area contributed by atoms with Crippen LogP contribution in [-0.2, 0) is 0 Å². The minimum Gasteiger partial charge on any atom is -0.510 e. The zero-order chi connectivity index (χ0) is 14.3. The van der Waals surface area contributed by atoms with Crippen molar-refractivity contribution >= 4 is 44.4 Å². The van der Waals surface area contributed by atoms with Gasteiger partial charge in [0.2, 0.25) is 0 Å². The predicted molar refractivity (Wildman–Crippen MR) is 85.6 cm³/mol. The highest BCUT2D eigenvalue weighted by molar-refractivity contribution is 9.10. The van der Waals surface area contributed by atoms with Crippen molar-refractivity contribution in [2.24, 2.45) is 0 Å². The van der Waals surface area contributed by atoms with Crippen LogP contribution in [0.25, 0.3) is 5.57 Å². The molecule has 2 N–H and O–H groups in total. The van der Waals surface area contributed by atoms with Gasteiger partial charge in [0.15, 0.2) is 0 Å². The largest absolute Gasteiger partial charge is 0.510 e. The molecule has 4 nitrogen and oxygen atoms in total. The van der Waals surface area contributed by atoms with Gasteiger partial charge in [0.05, 0.1) is 12.1 Å². The molecule has 0 amide bonds. The van der Waals surface area contributed by atoms with Crippen LogP contribution in [-0.4, -0.2) is 22.5 Å². The van der Waals surface area contributed by atoms with Crippen molar-refractivity contribution in [2.75, 3.05) is 11.4 Å². The highest BCUT2D eigenvalue weighted by Crippen LogP contribution is 2.33. The minimum atomic E-state index is 0.198. The molecule has 0 radical (unpaired) electrons. The normalized spacial score (nSPS) is 15.3. The van der Waals surface area contributed by atoms with E-state index in [1.165, 1.54) is 11.3 Å². The minimum absolute atomic E-state index is 0.198. The van der Waals surface area contributed by atoms with Crippen LogP contribution in [0.4, 0.5) is 5.69 Å².